The van der Waals surface area contributed by atoms with Crippen LogP contribution in [-0.2, 0) is 6.42 Å². The van der Waals surface area contributed by atoms with Gasteiger partial charge in [-0.3, -0.25) is 0 Å². The summed E-state index contributed by atoms with van der Waals surface area (Å²) < 4.78 is 7.64. The summed E-state index contributed by atoms with van der Waals surface area (Å²) in [5, 5.41) is 3.64. The lowest BCUT2D eigenvalue weighted by molar-refractivity contribution is 0.413. The first-order valence-electron chi connectivity index (χ1n) is 6.95. The van der Waals surface area contributed by atoms with Gasteiger partial charge in [-0.15, -0.1) is 11.3 Å². The van der Waals surface area contributed by atoms with Gasteiger partial charge >= 0.3 is 0 Å². The average molecular weight is 433 g/mol. The van der Waals surface area contributed by atoms with Gasteiger partial charge in [0.05, 0.1) is 10.9 Å². The number of nitrogens with one attached hydrogen (secondary N) is 1. The Bertz CT molecular complexity index is 585. The highest BCUT2D eigenvalue weighted by molar-refractivity contribution is 9.11. The Morgan fingerprint density at radius 3 is 2.67 bits per heavy atom. The molecule has 2 nitrogen and oxygen atoms in total. The zero-order chi connectivity index (χ0) is 15.2. The summed E-state index contributed by atoms with van der Waals surface area (Å²) in [5.74, 6) is 0.898. The first-order chi connectivity index (χ1) is 10.1. The van der Waals surface area contributed by atoms with Crippen LogP contribution in [0.25, 0.3) is 0 Å². The van der Waals surface area contributed by atoms with E-state index in [-0.39, 0.29) is 0 Å². The molecule has 1 N–H and O–H groups in total. The van der Waals surface area contributed by atoms with Crippen molar-refractivity contribution < 1.29 is 4.74 Å². The minimum absolute atomic E-state index is 0.324. The van der Waals surface area contributed by atoms with Crippen LogP contribution < -0.4 is 10.1 Å². The van der Waals surface area contributed by atoms with Gasteiger partial charge in [0, 0.05) is 15.4 Å². The molecule has 0 aliphatic carbocycles. The Morgan fingerprint density at radius 2 is 2.05 bits per heavy atom. The highest BCUT2D eigenvalue weighted by Gasteiger charge is 2.15. The Morgan fingerprint density at radius 1 is 1.24 bits per heavy atom. The van der Waals surface area contributed by atoms with Crippen molar-refractivity contribution in [1.82, 2.24) is 5.32 Å². The fourth-order valence-corrected chi connectivity index (χ4v) is 4.07. The van der Waals surface area contributed by atoms with Gasteiger partial charge in [-0.1, -0.05) is 22.9 Å². The Kier molecular flexibility index (Phi) is 6.74. The standard InChI is InChI=1S/C16H19Br2NOS/c1-3-8-19-14(15-6-7-16(18)21-15)10-11-9-12(20-2)4-5-13(11)17/h4-7,9,14,19H,3,8,10H2,1-2H3. The molecule has 114 valence electrons. The number of hydrogen-bond donors (Lipinski definition) is 1. The third-order valence-electron chi connectivity index (χ3n) is 3.26. The van der Waals surface area contributed by atoms with Crippen molar-refractivity contribution in [3.05, 3.63) is 49.0 Å². The van der Waals surface area contributed by atoms with Crippen LogP contribution in [0.3, 0.4) is 0 Å². The van der Waals surface area contributed by atoms with Crippen molar-refractivity contribution in [2.45, 2.75) is 25.8 Å². The average Bonchev–Trinajstić information content (AvgIpc) is 2.91. The van der Waals surface area contributed by atoms with Crippen LogP contribution in [-0.4, -0.2) is 13.7 Å². The fraction of sp³-hybridized carbons (Fsp3) is 0.375. The van der Waals surface area contributed by atoms with E-state index in [2.05, 4.69) is 68.4 Å². The molecule has 0 saturated heterocycles. The monoisotopic (exact) mass is 431 g/mol. The predicted octanol–water partition coefficient (Wildman–Crippen LogP) is 5.57. The van der Waals surface area contributed by atoms with Crippen molar-refractivity contribution >= 4 is 43.2 Å². The molecule has 1 aromatic carbocycles. The molecule has 1 aromatic heterocycles. The van der Waals surface area contributed by atoms with Crippen LogP contribution in [0.15, 0.2) is 38.6 Å². The summed E-state index contributed by atoms with van der Waals surface area (Å²) in [6.07, 6.45) is 2.06. The minimum atomic E-state index is 0.324. The van der Waals surface area contributed by atoms with Crippen LogP contribution in [0.2, 0.25) is 0 Å². The number of methoxy groups -OCH3 is 1. The predicted molar refractivity (Wildman–Crippen MR) is 97.5 cm³/mol. The van der Waals surface area contributed by atoms with E-state index in [1.807, 2.05) is 6.07 Å². The molecule has 0 spiro atoms. The van der Waals surface area contributed by atoms with Crippen molar-refractivity contribution in [3.63, 3.8) is 0 Å². The Balaban J connectivity index is 2.22. The number of thiophene rings is 1. The van der Waals surface area contributed by atoms with Gasteiger partial charge in [-0.2, -0.15) is 0 Å². The second-order valence-corrected chi connectivity index (χ2v) is 8.16. The van der Waals surface area contributed by atoms with Crippen LogP contribution in [0.4, 0.5) is 0 Å². The molecule has 1 heterocycles. The van der Waals surface area contributed by atoms with Gasteiger partial charge in [0.25, 0.3) is 0 Å². The molecule has 0 fully saturated rings. The second-order valence-electron chi connectivity index (χ2n) is 4.81. The molecule has 0 aliphatic rings. The molecule has 0 amide bonds. The maximum absolute atomic E-state index is 5.34. The molecule has 0 bridgehead atoms. The summed E-state index contributed by atoms with van der Waals surface area (Å²) in [4.78, 5) is 1.35. The van der Waals surface area contributed by atoms with Crippen molar-refractivity contribution in [3.8, 4) is 5.75 Å². The van der Waals surface area contributed by atoms with E-state index in [0.29, 0.717) is 6.04 Å². The molecule has 1 unspecified atom stereocenters. The van der Waals surface area contributed by atoms with Gasteiger partial charge < -0.3 is 10.1 Å². The molecule has 5 heteroatoms. The van der Waals surface area contributed by atoms with E-state index in [1.54, 1.807) is 18.4 Å². The molecule has 2 rings (SSSR count). The zero-order valence-corrected chi connectivity index (χ0v) is 16.1. The maximum atomic E-state index is 5.34. The normalized spacial score (nSPS) is 12.4. The third kappa shape index (κ3) is 4.81. The second kappa shape index (κ2) is 8.32. The molecule has 0 aliphatic heterocycles. The fourth-order valence-electron chi connectivity index (χ4n) is 2.16. The lowest BCUT2D eigenvalue weighted by Gasteiger charge is -2.18. The van der Waals surface area contributed by atoms with E-state index < -0.39 is 0 Å². The molecule has 2 aromatic rings. The van der Waals surface area contributed by atoms with Crippen LogP contribution >= 0.6 is 43.2 Å². The van der Waals surface area contributed by atoms with Gasteiger partial charge in [-0.25, -0.2) is 0 Å². The lowest BCUT2D eigenvalue weighted by atomic mass is 10.0. The summed E-state index contributed by atoms with van der Waals surface area (Å²) in [5.41, 5.74) is 1.26. The lowest BCUT2D eigenvalue weighted by Crippen LogP contribution is -2.23. The zero-order valence-electron chi connectivity index (χ0n) is 12.2. The molecule has 1 atom stereocenters. The summed E-state index contributed by atoms with van der Waals surface area (Å²) in [6.45, 7) is 3.21. The van der Waals surface area contributed by atoms with Crippen molar-refractivity contribution in [2.24, 2.45) is 0 Å². The maximum Gasteiger partial charge on any atom is 0.119 e. The van der Waals surface area contributed by atoms with Crippen LogP contribution in [0, 0.1) is 0 Å². The van der Waals surface area contributed by atoms with Crippen molar-refractivity contribution in [1.29, 1.82) is 0 Å². The van der Waals surface area contributed by atoms with Gasteiger partial charge in [0.2, 0.25) is 0 Å². The SMILES string of the molecule is CCCNC(Cc1cc(OC)ccc1Br)c1ccc(Br)s1. The molecular formula is C16H19Br2NOS. The third-order valence-corrected chi connectivity index (χ3v) is 5.77. The van der Waals surface area contributed by atoms with E-state index in [4.69, 9.17) is 4.74 Å². The smallest absolute Gasteiger partial charge is 0.119 e. The number of ether oxygens (including phenoxy) is 1. The van der Waals surface area contributed by atoms with E-state index in [1.165, 1.54) is 14.2 Å². The van der Waals surface area contributed by atoms with Gasteiger partial charge in [-0.05, 0) is 71.2 Å². The quantitative estimate of drug-likeness (QED) is 0.617. The number of rotatable bonds is 7. The molecule has 0 saturated carbocycles. The highest BCUT2D eigenvalue weighted by Crippen LogP contribution is 2.32. The minimum Gasteiger partial charge on any atom is -0.497 e. The molecule has 21 heavy (non-hydrogen) atoms. The molecule has 0 radical (unpaired) electrons. The number of hydrogen-bond acceptors (Lipinski definition) is 3. The van der Waals surface area contributed by atoms with E-state index in [9.17, 15) is 0 Å². The molecular weight excluding hydrogens is 414 g/mol. The largest absolute Gasteiger partial charge is 0.497 e. The van der Waals surface area contributed by atoms with E-state index in [0.717, 1.165) is 29.6 Å². The Hall–Kier alpha value is -0.360. The van der Waals surface area contributed by atoms with Crippen LogP contribution in [0.5, 0.6) is 5.75 Å². The van der Waals surface area contributed by atoms with E-state index >= 15 is 0 Å². The van der Waals surface area contributed by atoms with Gasteiger partial charge in [0.15, 0.2) is 0 Å². The first-order valence-corrected chi connectivity index (χ1v) is 9.35. The highest BCUT2D eigenvalue weighted by atomic mass is 79.9. The first kappa shape index (κ1) is 17.0. The van der Waals surface area contributed by atoms with Crippen molar-refractivity contribution in [2.75, 3.05) is 13.7 Å². The van der Waals surface area contributed by atoms with Crippen LogP contribution in [0.1, 0.15) is 29.8 Å². The summed E-state index contributed by atoms with van der Waals surface area (Å²) in [7, 11) is 1.70. The number of halogens is 2. The van der Waals surface area contributed by atoms with Gasteiger partial charge in [0.1, 0.15) is 5.75 Å². The Labute approximate surface area is 147 Å². The topological polar surface area (TPSA) is 21.3 Å². The summed E-state index contributed by atoms with van der Waals surface area (Å²) in [6, 6.07) is 10.8. The number of benzene rings is 1. The summed E-state index contributed by atoms with van der Waals surface area (Å²) >= 11 is 8.99.